The number of ether oxygens (including phenoxy) is 1. The van der Waals surface area contributed by atoms with Gasteiger partial charge in [0.1, 0.15) is 5.75 Å². The molecule has 0 unspecified atom stereocenters. The summed E-state index contributed by atoms with van der Waals surface area (Å²) in [6.45, 7) is 1.35. The Morgan fingerprint density at radius 2 is 1.74 bits per heavy atom. The molecule has 0 atom stereocenters. The fourth-order valence-electron chi connectivity index (χ4n) is 2.10. The van der Waals surface area contributed by atoms with Crippen LogP contribution in [0, 0.1) is 0 Å². The van der Waals surface area contributed by atoms with Gasteiger partial charge in [-0.3, -0.25) is 9.59 Å². The van der Waals surface area contributed by atoms with Crippen molar-refractivity contribution in [3.05, 3.63) is 24.3 Å². The third-order valence-corrected chi connectivity index (χ3v) is 3.19. The molecule has 0 radical (unpaired) electrons. The molecule has 0 bridgehead atoms. The van der Waals surface area contributed by atoms with Gasteiger partial charge < -0.3 is 15.0 Å². The number of nitrogens with zero attached hydrogens (tertiary/aromatic N) is 1. The van der Waals surface area contributed by atoms with Gasteiger partial charge in [-0.1, -0.05) is 0 Å². The van der Waals surface area contributed by atoms with Crippen molar-refractivity contribution >= 4 is 17.5 Å². The largest absolute Gasteiger partial charge is 0.497 e. The topological polar surface area (TPSA) is 58.6 Å². The second kappa shape index (κ2) is 6.22. The van der Waals surface area contributed by atoms with Gasteiger partial charge >= 0.3 is 11.8 Å². The number of hydrogen-bond donors (Lipinski definition) is 1. The van der Waals surface area contributed by atoms with Gasteiger partial charge in [-0.2, -0.15) is 0 Å². The van der Waals surface area contributed by atoms with Crippen LogP contribution in [0.2, 0.25) is 0 Å². The Morgan fingerprint density at radius 3 is 2.32 bits per heavy atom. The summed E-state index contributed by atoms with van der Waals surface area (Å²) in [6.07, 6.45) is 3.08. The van der Waals surface area contributed by atoms with Crippen molar-refractivity contribution in [1.29, 1.82) is 0 Å². The number of piperidine rings is 1. The fraction of sp³-hybridized carbons (Fsp3) is 0.429. The summed E-state index contributed by atoms with van der Waals surface area (Å²) in [5, 5.41) is 2.60. The average Bonchev–Trinajstić information content (AvgIpc) is 2.48. The number of nitrogens with one attached hydrogen (secondary N) is 1. The van der Waals surface area contributed by atoms with Crippen LogP contribution < -0.4 is 10.1 Å². The van der Waals surface area contributed by atoms with Crippen molar-refractivity contribution in [3.63, 3.8) is 0 Å². The SMILES string of the molecule is COc1ccc(NC(=O)C(=O)N2CCCCC2)cc1. The third kappa shape index (κ3) is 3.47. The molecule has 1 heterocycles. The van der Waals surface area contributed by atoms with E-state index < -0.39 is 11.8 Å². The van der Waals surface area contributed by atoms with E-state index in [0.717, 1.165) is 19.3 Å². The summed E-state index contributed by atoms with van der Waals surface area (Å²) in [5.74, 6) is -0.317. The highest BCUT2D eigenvalue weighted by atomic mass is 16.5. The maximum absolute atomic E-state index is 11.9. The van der Waals surface area contributed by atoms with Gasteiger partial charge in [-0.15, -0.1) is 0 Å². The minimum atomic E-state index is -0.577. The molecule has 2 rings (SSSR count). The normalized spacial score (nSPS) is 14.9. The first-order valence-corrected chi connectivity index (χ1v) is 6.45. The highest BCUT2D eigenvalue weighted by molar-refractivity contribution is 6.39. The lowest BCUT2D eigenvalue weighted by atomic mass is 10.1. The van der Waals surface area contributed by atoms with Crippen LogP contribution in [-0.4, -0.2) is 36.9 Å². The van der Waals surface area contributed by atoms with Crippen LogP contribution in [0.15, 0.2) is 24.3 Å². The molecule has 1 aromatic rings. The number of anilines is 1. The second-order valence-electron chi connectivity index (χ2n) is 4.54. The maximum atomic E-state index is 11.9. The number of hydrogen-bond acceptors (Lipinski definition) is 3. The van der Waals surface area contributed by atoms with Crippen LogP contribution in [0.25, 0.3) is 0 Å². The highest BCUT2D eigenvalue weighted by Crippen LogP contribution is 2.15. The van der Waals surface area contributed by atoms with E-state index in [1.54, 1.807) is 36.3 Å². The van der Waals surface area contributed by atoms with Crippen LogP contribution in [0.1, 0.15) is 19.3 Å². The predicted octanol–water partition coefficient (Wildman–Crippen LogP) is 1.65. The molecule has 19 heavy (non-hydrogen) atoms. The van der Waals surface area contributed by atoms with Gasteiger partial charge in [0.25, 0.3) is 0 Å². The van der Waals surface area contributed by atoms with Gasteiger partial charge in [0.05, 0.1) is 7.11 Å². The van der Waals surface area contributed by atoms with E-state index in [2.05, 4.69) is 5.32 Å². The van der Waals surface area contributed by atoms with Crippen molar-refractivity contribution in [1.82, 2.24) is 4.90 Å². The predicted molar refractivity (Wildman–Crippen MR) is 72.1 cm³/mol. The number of carbonyl (C=O) groups is 2. The molecule has 1 N–H and O–H groups in total. The van der Waals surface area contributed by atoms with E-state index in [1.165, 1.54) is 0 Å². The van der Waals surface area contributed by atoms with Crippen molar-refractivity contribution in [2.75, 3.05) is 25.5 Å². The Bertz CT molecular complexity index is 450. The third-order valence-electron chi connectivity index (χ3n) is 3.19. The number of rotatable bonds is 2. The summed E-state index contributed by atoms with van der Waals surface area (Å²) >= 11 is 0. The molecule has 2 amide bonds. The summed E-state index contributed by atoms with van der Waals surface area (Å²) in [4.78, 5) is 25.4. The zero-order valence-corrected chi connectivity index (χ0v) is 11.0. The Labute approximate surface area is 112 Å². The average molecular weight is 262 g/mol. The van der Waals surface area contributed by atoms with E-state index in [9.17, 15) is 9.59 Å². The second-order valence-corrected chi connectivity index (χ2v) is 4.54. The van der Waals surface area contributed by atoms with E-state index >= 15 is 0 Å². The van der Waals surface area contributed by atoms with Crippen LogP contribution in [0.5, 0.6) is 5.75 Å². The molecule has 1 saturated heterocycles. The number of benzene rings is 1. The maximum Gasteiger partial charge on any atom is 0.313 e. The number of carbonyl (C=O) groups excluding carboxylic acids is 2. The molecule has 1 aliphatic rings. The Hall–Kier alpha value is -2.04. The van der Waals surface area contributed by atoms with Crippen LogP contribution in [0.3, 0.4) is 0 Å². The van der Waals surface area contributed by atoms with Gasteiger partial charge in [-0.05, 0) is 43.5 Å². The van der Waals surface area contributed by atoms with E-state index in [-0.39, 0.29) is 0 Å². The lowest BCUT2D eigenvalue weighted by molar-refractivity contribution is -0.143. The standard InChI is InChI=1S/C14H18N2O3/c1-19-12-7-5-11(6-8-12)15-13(17)14(18)16-9-3-2-4-10-16/h5-8H,2-4,9-10H2,1H3,(H,15,17). The Kier molecular flexibility index (Phi) is 4.39. The molecule has 1 fully saturated rings. The molecule has 0 spiro atoms. The quantitative estimate of drug-likeness (QED) is 0.824. The summed E-state index contributed by atoms with van der Waals surface area (Å²) in [7, 11) is 1.58. The van der Waals surface area contributed by atoms with Gasteiger partial charge in [-0.25, -0.2) is 0 Å². The lowest BCUT2D eigenvalue weighted by Gasteiger charge is -2.25. The van der Waals surface area contributed by atoms with E-state index in [0.29, 0.717) is 24.5 Å². The number of amides is 2. The van der Waals surface area contributed by atoms with Gasteiger partial charge in [0.15, 0.2) is 0 Å². The zero-order chi connectivity index (χ0) is 13.7. The van der Waals surface area contributed by atoms with E-state index in [4.69, 9.17) is 4.74 Å². The minimum absolute atomic E-state index is 0.449. The van der Waals surface area contributed by atoms with Crippen molar-refractivity contribution < 1.29 is 14.3 Å². The number of likely N-dealkylation sites (tertiary alicyclic amines) is 1. The van der Waals surface area contributed by atoms with E-state index in [1.807, 2.05) is 0 Å². The summed E-state index contributed by atoms with van der Waals surface area (Å²) < 4.78 is 5.03. The molecule has 5 heteroatoms. The first-order chi connectivity index (χ1) is 9.20. The smallest absolute Gasteiger partial charge is 0.313 e. The lowest BCUT2D eigenvalue weighted by Crippen LogP contribution is -2.42. The minimum Gasteiger partial charge on any atom is -0.497 e. The molecule has 1 aromatic carbocycles. The van der Waals surface area contributed by atoms with Gasteiger partial charge in [0, 0.05) is 18.8 Å². The van der Waals surface area contributed by atoms with Crippen LogP contribution in [0.4, 0.5) is 5.69 Å². The Balaban J connectivity index is 1.93. The monoisotopic (exact) mass is 262 g/mol. The molecular weight excluding hydrogens is 244 g/mol. The molecule has 1 aliphatic heterocycles. The van der Waals surface area contributed by atoms with Crippen molar-refractivity contribution in [3.8, 4) is 5.75 Å². The molecule has 0 saturated carbocycles. The first kappa shape index (κ1) is 13.4. The molecule has 0 aliphatic carbocycles. The summed E-state index contributed by atoms with van der Waals surface area (Å²) in [5.41, 5.74) is 0.594. The molecule has 5 nitrogen and oxygen atoms in total. The van der Waals surface area contributed by atoms with Crippen LogP contribution in [-0.2, 0) is 9.59 Å². The fourth-order valence-corrected chi connectivity index (χ4v) is 2.10. The Morgan fingerprint density at radius 1 is 1.11 bits per heavy atom. The summed E-state index contributed by atoms with van der Waals surface area (Å²) in [6, 6.07) is 6.89. The molecular formula is C14H18N2O3. The van der Waals surface area contributed by atoms with Crippen molar-refractivity contribution in [2.24, 2.45) is 0 Å². The zero-order valence-electron chi connectivity index (χ0n) is 11.0. The first-order valence-electron chi connectivity index (χ1n) is 6.45. The van der Waals surface area contributed by atoms with Crippen molar-refractivity contribution in [2.45, 2.75) is 19.3 Å². The van der Waals surface area contributed by atoms with Gasteiger partial charge in [0.2, 0.25) is 0 Å². The molecule has 0 aromatic heterocycles. The molecule has 102 valence electrons. The van der Waals surface area contributed by atoms with Crippen LogP contribution >= 0.6 is 0 Å². The number of methoxy groups -OCH3 is 1. The highest BCUT2D eigenvalue weighted by Gasteiger charge is 2.23.